The van der Waals surface area contributed by atoms with Gasteiger partial charge in [-0.25, -0.2) is 4.72 Å². The smallest absolute Gasteiger partial charge is 0.420 e. The number of nitrogens with one attached hydrogen (secondary N) is 1. The maximum absolute atomic E-state index is 12.0. The molecule has 0 aromatic carbocycles. The third kappa shape index (κ3) is 8.42. The molecule has 10 heteroatoms. The number of hydrogen-bond acceptors (Lipinski definition) is 4. The molecule has 5 nitrogen and oxygen atoms in total. The van der Waals surface area contributed by atoms with Gasteiger partial charge in [0.15, 0.2) is 8.32 Å². The molecule has 0 radical (unpaired) electrons. The topological polar surface area (TPSA) is 72.5 Å². The minimum absolute atomic E-state index is 0.236. The van der Waals surface area contributed by atoms with E-state index in [1.54, 1.807) is 7.11 Å². The van der Waals surface area contributed by atoms with Crippen molar-refractivity contribution in [3.63, 3.8) is 0 Å². The van der Waals surface area contributed by atoms with E-state index in [-0.39, 0.29) is 6.42 Å². The van der Waals surface area contributed by atoms with Crippen LogP contribution in [0.1, 0.15) is 32.1 Å². The Morgan fingerprint density at radius 3 is 2.14 bits per heavy atom. The van der Waals surface area contributed by atoms with E-state index in [0.29, 0.717) is 12.8 Å². The maximum atomic E-state index is 12.0. The molecular formula is C11H22F3NO4SSi. The van der Waals surface area contributed by atoms with Crippen molar-refractivity contribution in [2.24, 2.45) is 0 Å². The number of rotatable bonds is 9. The van der Waals surface area contributed by atoms with Gasteiger partial charge in [0, 0.05) is 13.5 Å². The number of alkyl halides is 3. The molecule has 0 saturated heterocycles. The first-order chi connectivity index (χ1) is 9.41. The van der Waals surface area contributed by atoms with Crippen molar-refractivity contribution in [1.29, 1.82) is 0 Å². The van der Waals surface area contributed by atoms with E-state index < -0.39 is 29.8 Å². The summed E-state index contributed by atoms with van der Waals surface area (Å²) in [4.78, 5) is 11.1. The second-order valence-electron chi connectivity index (χ2n) is 5.35. The normalized spacial score (nSPS) is 13.2. The van der Waals surface area contributed by atoms with Crippen molar-refractivity contribution in [3.05, 3.63) is 0 Å². The molecule has 0 rings (SSSR count). The molecule has 0 atom stereocenters. The van der Waals surface area contributed by atoms with Crippen LogP contribution in [0.15, 0.2) is 0 Å². The summed E-state index contributed by atoms with van der Waals surface area (Å²) >= 11 is 0. The zero-order valence-electron chi connectivity index (χ0n) is 12.4. The molecule has 1 N–H and O–H groups in total. The van der Waals surface area contributed by atoms with E-state index in [2.05, 4.69) is 13.1 Å². The second kappa shape index (κ2) is 8.13. The Labute approximate surface area is 124 Å². The number of unbranched alkanes of at least 4 members (excludes halogenated alkanes) is 3. The van der Waals surface area contributed by atoms with Gasteiger partial charge in [-0.3, -0.25) is 4.79 Å². The highest BCUT2D eigenvalue weighted by molar-refractivity contribution is 7.90. The summed E-state index contributed by atoms with van der Waals surface area (Å²) in [6.45, 7) is 4.17. The molecule has 0 unspecified atom stereocenters. The summed E-state index contributed by atoms with van der Waals surface area (Å²) < 4.78 is 63.8. The number of sulfonamides is 1. The highest BCUT2D eigenvalue weighted by atomic mass is 32.2. The zero-order chi connectivity index (χ0) is 16.7. The predicted molar refractivity (Wildman–Crippen MR) is 75.5 cm³/mol. The molecule has 21 heavy (non-hydrogen) atoms. The third-order valence-electron chi connectivity index (χ3n) is 3.04. The quantitative estimate of drug-likeness (QED) is 0.513. The summed E-state index contributed by atoms with van der Waals surface area (Å²) in [7, 11) is -5.50. The van der Waals surface area contributed by atoms with Crippen molar-refractivity contribution in [1.82, 2.24) is 4.72 Å². The van der Waals surface area contributed by atoms with Crippen LogP contribution in [0, 0.1) is 0 Å². The molecular weight excluding hydrogens is 327 g/mol. The fraction of sp³-hybridized carbons (Fsp3) is 0.909. The third-order valence-corrected chi connectivity index (χ3v) is 6.81. The van der Waals surface area contributed by atoms with E-state index in [9.17, 15) is 26.4 Å². The number of amides is 1. The summed E-state index contributed by atoms with van der Waals surface area (Å²) in [5.74, 6) is -1.13. The number of halogens is 3. The molecule has 0 fully saturated rings. The van der Waals surface area contributed by atoms with Crippen molar-refractivity contribution >= 4 is 24.2 Å². The molecule has 0 bridgehead atoms. The zero-order valence-corrected chi connectivity index (χ0v) is 14.2. The van der Waals surface area contributed by atoms with Crippen LogP contribution >= 0.6 is 0 Å². The van der Waals surface area contributed by atoms with Gasteiger partial charge in [0.25, 0.3) is 0 Å². The minimum atomic E-state index is -5.58. The van der Waals surface area contributed by atoms with Crippen molar-refractivity contribution in [3.8, 4) is 0 Å². The Hall–Kier alpha value is -0.613. The first-order valence-corrected chi connectivity index (χ1v) is 11.2. The molecule has 0 aliphatic rings. The molecule has 0 aliphatic heterocycles. The number of carbonyl (C=O) groups excluding carboxylic acids is 1. The van der Waals surface area contributed by atoms with Gasteiger partial charge in [-0.2, -0.15) is 21.6 Å². The van der Waals surface area contributed by atoms with Gasteiger partial charge in [0.2, 0.25) is 5.91 Å². The lowest BCUT2D eigenvalue weighted by atomic mass is 10.1. The Kier molecular flexibility index (Phi) is 7.90. The van der Waals surface area contributed by atoms with Crippen LogP contribution < -0.4 is 4.72 Å². The Morgan fingerprint density at radius 2 is 1.67 bits per heavy atom. The predicted octanol–water partition coefficient (Wildman–Crippen LogP) is 2.75. The summed E-state index contributed by atoms with van der Waals surface area (Å²) in [5, 5.41) is 0. The van der Waals surface area contributed by atoms with E-state index >= 15 is 0 Å². The van der Waals surface area contributed by atoms with Crippen molar-refractivity contribution < 1.29 is 30.8 Å². The van der Waals surface area contributed by atoms with Gasteiger partial charge in [-0.05, 0) is 25.6 Å². The van der Waals surface area contributed by atoms with E-state index in [4.69, 9.17) is 4.43 Å². The largest absolute Gasteiger partial charge is 0.516 e. The van der Waals surface area contributed by atoms with Gasteiger partial charge in [0.1, 0.15) is 0 Å². The van der Waals surface area contributed by atoms with Gasteiger partial charge < -0.3 is 4.43 Å². The van der Waals surface area contributed by atoms with Crippen molar-refractivity contribution in [2.75, 3.05) is 7.11 Å². The molecule has 0 saturated carbocycles. The van der Waals surface area contributed by atoms with Gasteiger partial charge in [-0.1, -0.05) is 19.3 Å². The number of carbonyl (C=O) groups is 1. The van der Waals surface area contributed by atoms with Crippen LogP contribution in [0.25, 0.3) is 0 Å². The molecule has 0 aliphatic carbocycles. The summed E-state index contributed by atoms with van der Waals surface area (Å²) in [6, 6.07) is 0.970. The average Bonchev–Trinajstić information content (AvgIpc) is 2.31. The van der Waals surface area contributed by atoms with E-state index in [1.807, 2.05) is 0 Å². The molecule has 0 aromatic rings. The lowest BCUT2D eigenvalue weighted by Gasteiger charge is -2.19. The number of hydrogen-bond donors (Lipinski definition) is 1. The highest BCUT2D eigenvalue weighted by Gasteiger charge is 2.46. The second-order valence-corrected chi connectivity index (χ2v) is 11.5. The summed E-state index contributed by atoms with van der Waals surface area (Å²) in [6.07, 6.45) is 2.54. The Morgan fingerprint density at radius 1 is 1.14 bits per heavy atom. The molecule has 126 valence electrons. The van der Waals surface area contributed by atoms with Crippen LogP contribution in [-0.4, -0.2) is 35.3 Å². The fourth-order valence-electron chi connectivity index (χ4n) is 1.55. The van der Waals surface area contributed by atoms with E-state index in [0.717, 1.165) is 23.6 Å². The van der Waals surface area contributed by atoms with Crippen LogP contribution in [0.2, 0.25) is 19.1 Å². The van der Waals surface area contributed by atoms with Gasteiger partial charge in [0.05, 0.1) is 0 Å². The molecule has 0 spiro atoms. The standard InChI is InChI=1S/C11H22F3NO4SSi/c1-19-21(2,3)9-7-5-4-6-8-10(16)15-20(17,18)11(12,13)14/h4-9H2,1-3H3,(H,15,16). The monoisotopic (exact) mass is 349 g/mol. The minimum Gasteiger partial charge on any atom is -0.420 e. The van der Waals surface area contributed by atoms with Crippen molar-refractivity contribution in [2.45, 2.75) is 56.8 Å². The summed E-state index contributed by atoms with van der Waals surface area (Å²) in [5.41, 5.74) is -5.46. The molecule has 0 aromatic heterocycles. The average molecular weight is 349 g/mol. The first kappa shape index (κ1) is 20.4. The van der Waals surface area contributed by atoms with Gasteiger partial charge in [-0.15, -0.1) is 0 Å². The molecule has 0 heterocycles. The fourth-order valence-corrected chi connectivity index (χ4v) is 3.37. The Bertz CT molecular complexity index is 437. The van der Waals surface area contributed by atoms with Crippen LogP contribution in [0.3, 0.4) is 0 Å². The molecule has 1 amide bonds. The lowest BCUT2D eigenvalue weighted by molar-refractivity contribution is -0.120. The van der Waals surface area contributed by atoms with Crippen LogP contribution in [-0.2, 0) is 19.2 Å². The van der Waals surface area contributed by atoms with E-state index in [1.165, 1.54) is 0 Å². The van der Waals surface area contributed by atoms with Crippen LogP contribution in [0.4, 0.5) is 13.2 Å². The van der Waals surface area contributed by atoms with Gasteiger partial charge >= 0.3 is 15.5 Å². The lowest BCUT2D eigenvalue weighted by Crippen LogP contribution is -2.40. The Balaban J connectivity index is 3.88. The highest BCUT2D eigenvalue weighted by Crippen LogP contribution is 2.21. The SMILES string of the molecule is CO[Si](C)(C)CCCCCCC(=O)NS(=O)(=O)C(F)(F)F. The van der Waals surface area contributed by atoms with Crippen LogP contribution in [0.5, 0.6) is 0 Å². The maximum Gasteiger partial charge on any atom is 0.516 e. The first-order valence-electron chi connectivity index (χ1n) is 6.58.